The largest absolute Gasteiger partial charge is 0.323 e. The van der Waals surface area contributed by atoms with Crippen LogP contribution in [0.2, 0.25) is 10.0 Å². The number of rotatable bonds is 3. The zero-order valence-corrected chi connectivity index (χ0v) is 10.8. The fourth-order valence-electron chi connectivity index (χ4n) is 1.44. The van der Waals surface area contributed by atoms with Crippen LogP contribution in [-0.2, 0) is 6.54 Å². The molecule has 0 radical (unpaired) electrons. The van der Waals surface area contributed by atoms with Gasteiger partial charge in [0.25, 0.3) is 0 Å². The lowest BCUT2D eigenvalue weighted by atomic mass is 10.2. The highest BCUT2D eigenvalue weighted by Gasteiger charge is 2.09. The summed E-state index contributed by atoms with van der Waals surface area (Å²) in [6.45, 7) is 2.34. The van der Waals surface area contributed by atoms with Crippen LogP contribution < -0.4 is 5.73 Å². The topological polar surface area (TPSA) is 56.7 Å². The van der Waals surface area contributed by atoms with Gasteiger partial charge in [0, 0.05) is 21.7 Å². The monoisotopic (exact) mass is 270 g/mol. The molecule has 0 aliphatic rings. The second kappa shape index (κ2) is 5.04. The predicted octanol–water partition coefficient (Wildman–Crippen LogP) is 2.65. The average molecular weight is 271 g/mol. The number of hydrogen-bond donors (Lipinski definition) is 1. The lowest BCUT2D eigenvalue weighted by Crippen LogP contribution is -2.05. The first-order valence-electron chi connectivity index (χ1n) is 5.16. The summed E-state index contributed by atoms with van der Waals surface area (Å²) >= 11 is 12.2. The number of halogens is 2. The van der Waals surface area contributed by atoms with E-state index in [2.05, 4.69) is 10.3 Å². The third-order valence-corrected chi connectivity index (χ3v) is 3.11. The molecule has 2 rings (SSSR count). The van der Waals surface area contributed by atoms with Gasteiger partial charge in [-0.25, -0.2) is 4.68 Å². The third-order valence-electron chi connectivity index (χ3n) is 2.40. The quantitative estimate of drug-likeness (QED) is 0.933. The minimum Gasteiger partial charge on any atom is -0.323 e. The van der Waals surface area contributed by atoms with Gasteiger partial charge in [-0.1, -0.05) is 34.5 Å². The molecule has 0 saturated carbocycles. The first-order valence-corrected chi connectivity index (χ1v) is 5.92. The van der Waals surface area contributed by atoms with Gasteiger partial charge >= 0.3 is 0 Å². The molecule has 1 atom stereocenters. The van der Waals surface area contributed by atoms with Gasteiger partial charge < -0.3 is 5.73 Å². The van der Waals surface area contributed by atoms with E-state index in [1.807, 2.05) is 13.0 Å². The van der Waals surface area contributed by atoms with Crippen LogP contribution in [0.1, 0.15) is 24.2 Å². The van der Waals surface area contributed by atoms with E-state index in [9.17, 15) is 0 Å². The van der Waals surface area contributed by atoms with E-state index in [4.69, 9.17) is 28.9 Å². The first-order chi connectivity index (χ1) is 8.08. The molecule has 0 spiro atoms. The SMILES string of the molecule is CC(N)c1cn(Cc2c(Cl)cccc2Cl)nn1. The molecule has 0 saturated heterocycles. The van der Waals surface area contributed by atoms with Crippen molar-refractivity contribution in [1.82, 2.24) is 15.0 Å². The summed E-state index contributed by atoms with van der Waals surface area (Å²) in [7, 11) is 0. The Labute approximate surface area is 109 Å². The summed E-state index contributed by atoms with van der Waals surface area (Å²) in [6, 6.07) is 5.27. The maximum Gasteiger partial charge on any atom is 0.0991 e. The molecule has 6 heteroatoms. The Kier molecular flexibility index (Phi) is 3.66. The molecule has 1 aromatic carbocycles. The number of aromatic nitrogens is 3. The molecule has 1 aromatic heterocycles. The maximum absolute atomic E-state index is 6.08. The lowest BCUT2D eigenvalue weighted by Gasteiger charge is -2.06. The Morgan fingerprint density at radius 1 is 1.35 bits per heavy atom. The Balaban J connectivity index is 2.25. The third kappa shape index (κ3) is 2.77. The summed E-state index contributed by atoms with van der Waals surface area (Å²) in [5.41, 5.74) is 7.29. The van der Waals surface area contributed by atoms with E-state index in [0.717, 1.165) is 11.3 Å². The van der Waals surface area contributed by atoms with Crippen molar-refractivity contribution in [2.45, 2.75) is 19.5 Å². The molecule has 0 aliphatic carbocycles. The van der Waals surface area contributed by atoms with Crippen molar-refractivity contribution < 1.29 is 0 Å². The minimum absolute atomic E-state index is 0.134. The average Bonchev–Trinajstić information content (AvgIpc) is 2.72. The van der Waals surface area contributed by atoms with Crippen molar-refractivity contribution in [2.24, 2.45) is 5.73 Å². The summed E-state index contributed by atoms with van der Waals surface area (Å²) in [6.07, 6.45) is 1.80. The van der Waals surface area contributed by atoms with Crippen LogP contribution in [0.4, 0.5) is 0 Å². The van der Waals surface area contributed by atoms with Crippen LogP contribution in [0.5, 0.6) is 0 Å². The summed E-state index contributed by atoms with van der Waals surface area (Å²) in [4.78, 5) is 0. The lowest BCUT2D eigenvalue weighted by molar-refractivity contribution is 0.648. The predicted molar refractivity (Wildman–Crippen MR) is 68.2 cm³/mol. The zero-order valence-electron chi connectivity index (χ0n) is 9.27. The van der Waals surface area contributed by atoms with Gasteiger partial charge in [0.2, 0.25) is 0 Å². The highest BCUT2D eigenvalue weighted by Crippen LogP contribution is 2.24. The van der Waals surface area contributed by atoms with E-state index >= 15 is 0 Å². The van der Waals surface area contributed by atoms with Crippen LogP contribution >= 0.6 is 23.2 Å². The molecule has 0 fully saturated rings. The van der Waals surface area contributed by atoms with E-state index in [-0.39, 0.29) is 6.04 Å². The second-order valence-corrected chi connectivity index (χ2v) is 4.64. The van der Waals surface area contributed by atoms with Gasteiger partial charge in [-0.2, -0.15) is 0 Å². The zero-order chi connectivity index (χ0) is 12.4. The van der Waals surface area contributed by atoms with E-state index in [0.29, 0.717) is 16.6 Å². The fourth-order valence-corrected chi connectivity index (χ4v) is 1.96. The van der Waals surface area contributed by atoms with Crippen molar-refractivity contribution in [3.63, 3.8) is 0 Å². The van der Waals surface area contributed by atoms with Gasteiger partial charge in [0.1, 0.15) is 0 Å². The van der Waals surface area contributed by atoms with Crippen LogP contribution in [0.3, 0.4) is 0 Å². The van der Waals surface area contributed by atoms with Gasteiger partial charge in [-0.15, -0.1) is 5.10 Å². The normalized spacial score (nSPS) is 12.7. The van der Waals surface area contributed by atoms with Crippen molar-refractivity contribution in [1.29, 1.82) is 0 Å². The fraction of sp³-hybridized carbons (Fsp3) is 0.273. The van der Waals surface area contributed by atoms with Gasteiger partial charge in [-0.05, 0) is 19.1 Å². The van der Waals surface area contributed by atoms with Crippen molar-refractivity contribution in [2.75, 3.05) is 0 Å². The molecular weight excluding hydrogens is 259 g/mol. The van der Waals surface area contributed by atoms with Gasteiger partial charge in [-0.3, -0.25) is 0 Å². The number of nitrogens with zero attached hydrogens (tertiary/aromatic N) is 3. The van der Waals surface area contributed by atoms with Crippen LogP contribution in [-0.4, -0.2) is 15.0 Å². The van der Waals surface area contributed by atoms with Crippen LogP contribution in [0.15, 0.2) is 24.4 Å². The van der Waals surface area contributed by atoms with Crippen molar-refractivity contribution in [3.05, 3.63) is 45.7 Å². The molecule has 2 N–H and O–H groups in total. The molecule has 0 bridgehead atoms. The van der Waals surface area contributed by atoms with E-state index < -0.39 is 0 Å². The maximum atomic E-state index is 6.08. The first kappa shape index (κ1) is 12.4. The van der Waals surface area contributed by atoms with E-state index in [1.54, 1.807) is 23.0 Å². The highest BCUT2D eigenvalue weighted by atomic mass is 35.5. The molecule has 17 heavy (non-hydrogen) atoms. The number of benzene rings is 1. The Morgan fingerprint density at radius 2 is 2.00 bits per heavy atom. The number of hydrogen-bond acceptors (Lipinski definition) is 3. The molecule has 0 aliphatic heterocycles. The van der Waals surface area contributed by atoms with Crippen LogP contribution in [0.25, 0.3) is 0 Å². The van der Waals surface area contributed by atoms with E-state index in [1.165, 1.54) is 0 Å². The van der Waals surface area contributed by atoms with Crippen molar-refractivity contribution in [3.8, 4) is 0 Å². The van der Waals surface area contributed by atoms with Crippen molar-refractivity contribution >= 4 is 23.2 Å². The smallest absolute Gasteiger partial charge is 0.0991 e. The second-order valence-electron chi connectivity index (χ2n) is 3.83. The molecule has 90 valence electrons. The standard InChI is InChI=1S/C11H12Cl2N4/c1-7(14)11-6-17(16-15-11)5-8-9(12)3-2-4-10(8)13/h2-4,6-7H,5,14H2,1H3. The van der Waals surface area contributed by atoms with Crippen LogP contribution in [0, 0.1) is 0 Å². The highest BCUT2D eigenvalue weighted by molar-refractivity contribution is 6.35. The molecular formula is C11H12Cl2N4. The Hall–Kier alpha value is -1.10. The summed E-state index contributed by atoms with van der Waals surface area (Å²) in [5, 5.41) is 9.20. The molecule has 2 aromatic rings. The molecule has 0 amide bonds. The number of nitrogens with two attached hydrogens (primary N) is 1. The van der Waals surface area contributed by atoms with Gasteiger partial charge in [0.05, 0.1) is 18.4 Å². The molecule has 1 unspecified atom stereocenters. The Morgan fingerprint density at radius 3 is 2.53 bits per heavy atom. The minimum atomic E-state index is -0.134. The summed E-state index contributed by atoms with van der Waals surface area (Å²) < 4.78 is 1.67. The molecule has 4 nitrogen and oxygen atoms in total. The van der Waals surface area contributed by atoms with Gasteiger partial charge in [0.15, 0.2) is 0 Å². The summed E-state index contributed by atoms with van der Waals surface area (Å²) in [5.74, 6) is 0. The molecule has 1 heterocycles. The Bertz CT molecular complexity index is 502.